The van der Waals surface area contributed by atoms with Crippen LogP contribution in [0.4, 0.5) is 0 Å². The van der Waals surface area contributed by atoms with E-state index >= 15 is 0 Å². The molecule has 0 aromatic carbocycles. The van der Waals surface area contributed by atoms with Crippen molar-refractivity contribution in [1.82, 2.24) is 14.5 Å². The molecule has 3 heterocycles. The zero-order chi connectivity index (χ0) is 17.2. The Morgan fingerprint density at radius 2 is 2.16 bits per heavy atom. The largest absolute Gasteiger partial charge is 0.372 e. The monoisotopic (exact) mass is 341 g/mol. The van der Waals surface area contributed by atoms with E-state index in [1.165, 1.54) is 0 Å². The van der Waals surface area contributed by atoms with Crippen molar-refractivity contribution >= 4 is 5.91 Å². The number of ether oxygens (including phenoxy) is 2. The first kappa shape index (κ1) is 16.3. The van der Waals surface area contributed by atoms with Gasteiger partial charge < -0.3 is 18.9 Å². The van der Waals surface area contributed by atoms with Crippen LogP contribution in [-0.2, 0) is 23.1 Å². The van der Waals surface area contributed by atoms with Gasteiger partial charge in [-0.05, 0) is 42.7 Å². The normalized spacial score (nSPS) is 25.8. The Morgan fingerprint density at radius 3 is 2.92 bits per heavy atom. The molecule has 25 heavy (non-hydrogen) atoms. The fourth-order valence-electron chi connectivity index (χ4n) is 3.86. The minimum Gasteiger partial charge on any atom is -0.372 e. The molecule has 3 atom stereocenters. The number of fused-ring (bicyclic) bond motifs is 1. The van der Waals surface area contributed by atoms with Gasteiger partial charge in [-0.25, -0.2) is 0 Å². The molecule has 2 aromatic rings. The molecule has 0 unspecified atom stereocenters. The van der Waals surface area contributed by atoms with Crippen LogP contribution < -0.4 is 0 Å². The summed E-state index contributed by atoms with van der Waals surface area (Å²) in [7, 11) is 1.90. The molecular formula is C19H23N3O3. The van der Waals surface area contributed by atoms with Crippen molar-refractivity contribution < 1.29 is 14.3 Å². The number of morpholine rings is 1. The van der Waals surface area contributed by atoms with Crippen LogP contribution in [-0.4, -0.2) is 51.8 Å². The fraction of sp³-hybridized carbons (Fsp3) is 0.474. The molecule has 132 valence electrons. The predicted molar refractivity (Wildman–Crippen MR) is 92.0 cm³/mol. The first-order valence-corrected chi connectivity index (χ1v) is 8.78. The van der Waals surface area contributed by atoms with E-state index in [1.54, 1.807) is 12.4 Å². The number of rotatable bonds is 4. The number of carbonyl (C=O) groups excluding carboxylic acids is 1. The highest BCUT2D eigenvalue weighted by Crippen LogP contribution is 2.33. The number of aryl methyl sites for hydroxylation is 1. The van der Waals surface area contributed by atoms with Crippen LogP contribution in [0.5, 0.6) is 0 Å². The third kappa shape index (κ3) is 3.19. The van der Waals surface area contributed by atoms with Gasteiger partial charge in [-0.3, -0.25) is 9.78 Å². The minimum absolute atomic E-state index is 0.0298. The highest BCUT2D eigenvalue weighted by molar-refractivity contribution is 5.93. The van der Waals surface area contributed by atoms with Crippen molar-refractivity contribution in [2.45, 2.75) is 37.7 Å². The first-order chi connectivity index (χ1) is 12.2. The summed E-state index contributed by atoms with van der Waals surface area (Å²) in [5, 5.41) is 0. The Balaban J connectivity index is 1.43. The summed E-state index contributed by atoms with van der Waals surface area (Å²) < 4.78 is 14.0. The van der Waals surface area contributed by atoms with Gasteiger partial charge in [-0.2, -0.15) is 0 Å². The van der Waals surface area contributed by atoms with Gasteiger partial charge in [0, 0.05) is 32.2 Å². The Kier molecular flexibility index (Phi) is 4.55. The lowest BCUT2D eigenvalue weighted by molar-refractivity contribution is -0.108. The molecule has 1 amide bonds. The second-order valence-electron chi connectivity index (χ2n) is 6.69. The van der Waals surface area contributed by atoms with Crippen molar-refractivity contribution in [3.05, 3.63) is 54.1 Å². The molecule has 6 heteroatoms. The van der Waals surface area contributed by atoms with Crippen molar-refractivity contribution in [1.29, 1.82) is 0 Å². The zero-order valence-corrected chi connectivity index (χ0v) is 14.4. The standard InChI is InChI=1S/C19H23N3O3/c1-21-10-2-3-16(21)19(23)22-11-12-24-18-15(22)4-5-17(18)25-13-14-6-8-20-9-7-14/h2-3,6-10,15,17-18H,4-5,11-13H2,1H3/t15-,17+,18+/m0/s1. The lowest BCUT2D eigenvalue weighted by Crippen LogP contribution is -2.54. The molecule has 0 N–H and O–H groups in total. The number of nitrogens with zero attached hydrogens (tertiary/aromatic N) is 3. The predicted octanol–water partition coefficient (Wildman–Crippen LogP) is 2.01. The molecule has 0 radical (unpaired) electrons. The highest BCUT2D eigenvalue weighted by atomic mass is 16.5. The number of hydrogen-bond acceptors (Lipinski definition) is 4. The highest BCUT2D eigenvalue weighted by Gasteiger charge is 2.45. The summed E-state index contributed by atoms with van der Waals surface area (Å²) in [4.78, 5) is 18.9. The zero-order valence-electron chi connectivity index (χ0n) is 14.4. The SMILES string of the molecule is Cn1cccc1C(=O)N1CCO[C@H]2[C@H](OCc3ccncc3)CC[C@@H]21. The van der Waals surface area contributed by atoms with E-state index in [4.69, 9.17) is 9.47 Å². The van der Waals surface area contributed by atoms with Gasteiger partial charge in [0.15, 0.2) is 0 Å². The smallest absolute Gasteiger partial charge is 0.270 e. The second kappa shape index (κ2) is 6.98. The Bertz CT molecular complexity index is 731. The summed E-state index contributed by atoms with van der Waals surface area (Å²) >= 11 is 0. The summed E-state index contributed by atoms with van der Waals surface area (Å²) in [5.74, 6) is 0.0839. The molecule has 4 rings (SSSR count). The minimum atomic E-state index is -0.0418. The molecule has 0 spiro atoms. The molecule has 2 aliphatic rings. The second-order valence-corrected chi connectivity index (χ2v) is 6.69. The Hall–Kier alpha value is -2.18. The maximum absolute atomic E-state index is 12.9. The van der Waals surface area contributed by atoms with Crippen molar-refractivity contribution in [3.8, 4) is 0 Å². The van der Waals surface area contributed by atoms with E-state index in [-0.39, 0.29) is 24.2 Å². The van der Waals surface area contributed by atoms with Gasteiger partial charge in [-0.1, -0.05) is 0 Å². The van der Waals surface area contributed by atoms with E-state index in [9.17, 15) is 4.79 Å². The summed E-state index contributed by atoms with van der Waals surface area (Å²) in [6.45, 7) is 1.75. The third-order valence-electron chi connectivity index (χ3n) is 5.17. The van der Waals surface area contributed by atoms with Crippen LogP contribution in [0.1, 0.15) is 28.9 Å². The van der Waals surface area contributed by atoms with Gasteiger partial charge in [0.25, 0.3) is 5.91 Å². The average Bonchev–Trinajstić information content (AvgIpc) is 3.26. The number of amides is 1. The molecule has 2 fully saturated rings. The molecule has 1 aliphatic heterocycles. The van der Waals surface area contributed by atoms with Crippen LogP contribution in [0.15, 0.2) is 42.9 Å². The van der Waals surface area contributed by atoms with Crippen molar-refractivity contribution in [2.75, 3.05) is 13.2 Å². The lowest BCUT2D eigenvalue weighted by Gasteiger charge is -2.39. The summed E-state index contributed by atoms with van der Waals surface area (Å²) in [6, 6.07) is 7.79. The Morgan fingerprint density at radius 1 is 1.32 bits per heavy atom. The number of hydrogen-bond donors (Lipinski definition) is 0. The maximum atomic E-state index is 12.9. The van der Waals surface area contributed by atoms with E-state index in [0.717, 1.165) is 24.1 Å². The van der Waals surface area contributed by atoms with Crippen LogP contribution in [0.25, 0.3) is 0 Å². The molecule has 1 saturated carbocycles. The van der Waals surface area contributed by atoms with E-state index < -0.39 is 0 Å². The molecule has 1 saturated heterocycles. The molecule has 1 aliphatic carbocycles. The van der Waals surface area contributed by atoms with Gasteiger partial charge >= 0.3 is 0 Å². The van der Waals surface area contributed by atoms with Crippen LogP contribution in [0.3, 0.4) is 0 Å². The van der Waals surface area contributed by atoms with Crippen LogP contribution in [0.2, 0.25) is 0 Å². The van der Waals surface area contributed by atoms with Gasteiger partial charge in [0.2, 0.25) is 0 Å². The van der Waals surface area contributed by atoms with E-state index in [2.05, 4.69) is 4.98 Å². The molecular weight excluding hydrogens is 318 g/mol. The quantitative estimate of drug-likeness (QED) is 0.854. The molecule has 6 nitrogen and oxygen atoms in total. The summed E-state index contributed by atoms with van der Waals surface area (Å²) in [6.07, 6.45) is 7.27. The lowest BCUT2D eigenvalue weighted by atomic mass is 10.1. The fourth-order valence-corrected chi connectivity index (χ4v) is 3.86. The van der Waals surface area contributed by atoms with E-state index in [0.29, 0.717) is 19.8 Å². The van der Waals surface area contributed by atoms with Gasteiger partial charge in [-0.15, -0.1) is 0 Å². The number of carbonyl (C=O) groups is 1. The topological polar surface area (TPSA) is 56.6 Å². The van der Waals surface area contributed by atoms with Gasteiger partial charge in [0.05, 0.1) is 25.4 Å². The Labute approximate surface area is 147 Å². The van der Waals surface area contributed by atoms with Crippen molar-refractivity contribution in [2.24, 2.45) is 7.05 Å². The molecule has 2 aromatic heterocycles. The van der Waals surface area contributed by atoms with Gasteiger partial charge in [0.1, 0.15) is 11.8 Å². The van der Waals surface area contributed by atoms with E-state index in [1.807, 2.05) is 47.0 Å². The average molecular weight is 341 g/mol. The number of pyridine rings is 1. The maximum Gasteiger partial charge on any atom is 0.270 e. The van der Waals surface area contributed by atoms with Crippen molar-refractivity contribution in [3.63, 3.8) is 0 Å². The third-order valence-corrected chi connectivity index (χ3v) is 5.17. The van der Waals surface area contributed by atoms with Crippen LogP contribution >= 0.6 is 0 Å². The van der Waals surface area contributed by atoms with Crippen LogP contribution in [0, 0.1) is 0 Å². The molecule has 0 bridgehead atoms. The number of aromatic nitrogens is 2. The first-order valence-electron chi connectivity index (χ1n) is 8.78. The summed E-state index contributed by atoms with van der Waals surface area (Å²) in [5.41, 5.74) is 1.83.